The molecule has 2 atom stereocenters. The first kappa shape index (κ1) is 22.2. The van der Waals surface area contributed by atoms with Crippen molar-refractivity contribution < 1.29 is 23.4 Å². The zero-order valence-electron chi connectivity index (χ0n) is 14.9. The SMILES string of the molecule is I.NC(=NCC(O)c1cccc(OC(F)F)c1)NC1CCOc2ccccc21. The van der Waals surface area contributed by atoms with Crippen LogP contribution in [0.4, 0.5) is 8.78 Å². The molecule has 0 fully saturated rings. The van der Waals surface area contributed by atoms with Gasteiger partial charge in [0.2, 0.25) is 0 Å². The van der Waals surface area contributed by atoms with E-state index in [1.54, 1.807) is 6.07 Å². The van der Waals surface area contributed by atoms with E-state index < -0.39 is 12.7 Å². The molecule has 2 aromatic rings. The van der Waals surface area contributed by atoms with Gasteiger partial charge in [0.1, 0.15) is 11.5 Å². The highest BCUT2D eigenvalue weighted by Gasteiger charge is 2.21. The number of hydrogen-bond donors (Lipinski definition) is 3. The number of aliphatic imine (C=N–C) groups is 1. The predicted octanol–water partition coefficient (Wildman–Crippen LogP) is 3.37. The lowest BCUT2D eigenvalue weighted by molar-refractivity contribution is -0.0499. The number of hydrogen-bond acceptors (Lipinski definition) is 4. The zero-order valence-corrected chi connectivity index (χ0v) is 17.3. The van der Waals surface area contributed by atoms with Gasteiger partial charge in [0.25, 0.3) is 0 Å². The molecule has 152 valence electrons. The molecule has 0 amide bonds. The number of alkyl halides is 2. The first-order valence-electron chi connectivity index (χ1n) is 8.54. The van der Waals surface area contributed by atoms with E-state index in [-0.39, 0.29) is 48.3 Å². The van der Waals surface area contributed by atoms with Crippen molar-refractivity contribution in [3.05, 3.63) is 59.7 Å². The van der Waals surface area contributed by atoms with E-state index in [4.69, 9.17) is 10.5 Å². The van der Waals surface area contributed by atoms with Crippen molar-refractivity contribution in [2.45, 2.75) is 25.2 Å². The third-order valence-electron chi connectivity index (χ3n) is 4.18. The minimum Gasteiger partial charge on any atom is -0.493 e. The van der Waals surface area contributed by atoms with Crippen molar-refractivity contribution in [2.75, 3.05) is 13.2 Å². The molecule has 1 aliphatic rings. The first-order valence-corrected chi connectivity index (χ1v) is 8.54. The number of nitrogens with one attached hydrogen (secondary N) is 1. The highest BCUT2D eigenvalue weighted by Crippen LogP contribution is 2.31. The van der Waals surface area contributed by atoms with Crippen LogP contribution in [0.3, 0.4) is 0 Å². The van der Waals surface area contributed by atoms with Crippen molar-refractivity contribution in [1.29, 1.82) is 0 Å². The quantitative estimate of drug-likeness (QED) is 0.319. The number of para-hydroxylation sites is 1. The molecule has 9 heteroatoms. The number of rotatable bonds is 6. The summed E-state index contributed by atoms with van der Waals surface area (Å²) in [5.41, 5.74) is 7.36. The molecule has 0 spiro atoms. The Kier molecular flexibility index (Phi) is 8.24. The van der Waals surface area contributed by atoms with Gasteiger partial charge in [-0.25, -0.2) is 0 Å². The van der Waals surface area contributed by atoms with Crippen molar-refractivity contribution in [3.8, 4) is 11.5 Å². The van der Waals surface area contributed by atoms with E-state index in [2.05, 4.69) is 15.0 Å². The normalized spacial score (nSPS) is 17.1. The average Bonchev–Trinajstić information content (AvgIpc) is 2.66. The lowest BCUT2D eigenvalue weighted by atomic mass is 10.0. The fourth-order valence-electron chi connectivity index (χ4n) is 2.90. The minimum absolute atomic E-state index is 0. The van der Waals surface area contributed by atoms with Crippen LogP contribution in [-0.4, -0.2) is 30.8 Å². The number of ether oxygens (including phenoxy) is 2. The summed E-state index contributed by atoms with van der Waals surface area (Å²) in [6.07, 6.45) is -0.253. The number of guanidine groups is 1. The lowest BCUT2D eigenvalue weighted by Gasteiger charge is -2.27. The monoisotopic (exact) mass is 505 g/mol. The molecule has 4 N–H and O–H groups in total. The van der Waals surface area contributed by atoms with E-state index >= 15 is 0 Å². The van der Waals surface area contributed by atoms with Gasteiger partial charge in [-0.2, -0.15) is 8.78 Å². The topological polar surface area (TPSA) is 89.1 Å². The van der Waals surface area contributed by atoms with E-state index in [0.29, 0.717) is 12.2 Å². The molecule has 2 unspecified atom stereocenters. The molecule has 3 rings (SSSR count). The fraction of sp³-hybridized carbons (Fsp3) is 0.316. The maximum Gasteiger partial charge on any atom is 0.387 e. The summed E-state index contributed by atoms with van der Waals surface area (Å²) in [5, 5.41) is 13.4. The van der Waals surface area contributed by atoms with Crippen LogP contribution in [0.5, 0.6) is 11.5 Å². The molecule has 0 radical (unpaired) electrons. The van der Waals surface area contributed by atoms with Gasteiger partial charge >= 0.3 is 6.61 Å². The molecule has 6 nitrogen and oxygen atoms in total. The van der Waals surface area contributed by atoms with Crippen LogP contribution in [0.15, 0.2) is 53.5 Å². The van der Waals surface area contributed by atoms with Crippen molar-refractivity contribution >= 4 is 29.9 Å². The van der Waals surface area contributed by atoms with E-state index in [1.165, 1.54) is 18.2 Å². The third-order valence-corrected chi connectivity index (χ3v) is 4.18. The molecule has 0 aliphatic carbocycles. The Labute approximate surface area is 178 Å². The van der Waals surface area contributed by atoms with E-state index in [9.17, 15) is 13.9 Å². The molecule has 28 heavy (non-hydrogen) atoms. The minimum atomic E-state index is -2.92. The second kappa shape index (κ2) is 10.4. The molecular weight excluding hydrogens is 483 g/mol. The Bertz CT molecular complexity index is 807. The standard InChI is InChI=1S/C19H21F2N3O3.HI/c20-18(21)27-13-5-3-4-12(10-13)16(25)11-23-19(22)24-15-8-9-26-17-7-2-1-6-14(15)17;/h1-7,10,15-16,18,25H,8-9,11H2,(H3,22,23,24);1H. The molecule has 0 aromatic heterocycles. The van der Waals surface area contributed by atoms with Crippen LogP contribution in [0, 0.1) is 0 Å². The van der Waals surface area contributed by atoms with Crippen LogP contribution < -0.4 is 20.5 Å². The van der Waals surface area contributed by atoms with Crippen LogP contribution >= 0.6 is 24.0 Å². The fourth-order valence-corrected chi connectivity index (χ4v) is 2.90. The van der Waals surface area contributed by atoms with Gasteiger partial charge in [-0.1, -0.05) is 30.3 Å². The lowest BCUT2D eigenvalue weighted by Crippen LogP contribution is -2.37. The Morgan fingerprint density at radius 3 is 2.86 bits per heavy atom. The molecule has 1 heterocycles. The Hall–Kier alpha value is -2.14. The number of fused-ring (bicyclic) bond motifs is 1. The van der Waals surface area contributed by atoms with E-state index in [0.717, 1.165) is 17.7 Å². The summed E-state index contributed by atoms with van der Waals surface area (Å²) in [7, 11) is 0. The molecule has 1 aliphatic heterocycles. The summed E-state index contributed by atoms with van der Waals surface area (Å²) in [6, 6.07) is 13.5. The number of aliphatic hydroxyl groups is 1. The molecule has 0 saturated heterocycles. The van der Waals surface area contributed by atoms with Crippen molar-refractivity contribution in [1.82, 2.24) is 5.32 Å². The largest absolute Gasteiger partial charge is 0.493 e. The van der Waals surface area contributed by atoms with Gasteiger partial charge in [-0.3, -0.25) is 4.99 Å². The summed E-state index contributed by atoms with van der Waals surface area (Å²) in [6.45, 7) is -2.36. The smallest absolute Gasteiger partial charge is 0.387 e. The number of nitrogens with two attached hydrogens (primary N) is 1. The van der Waals surface area contributed by atoms with Gasteiger partial charge in [-0.15, -0.1) is 24.0 Å². The highest BCUT2D eigenvalue weighted by molar-refractivity contribution is 14.0. The van der Waals surface area contributed by atoms with E-state index in [1.807, 2.05) is 24.3 Å². The molecule has 0 bridgehead atoms. The maximum absolute atomic E-state index is 12.3. The van der Waals surface area contributed by atoms with Gasteiger partial charge in [0.15, 0.2) is 5.96 Å². The van der Waals surface area contributed by atoms with Crippen LogP contribution in [0.1, 0.15) is 29.7 Å². The Morgan fingerprint density at radius 1 is 1.29 bits per heavy atom. The van der Waals surface area contributed by atoms with Gasteiger partial charge in [0.05, 0.1) is 25.3 Å². The van der Waals surface area contributed by atoms with Crippen LogP contribution in [-0.2, 0) is 0 Å². The van der Waals surface area contributed by atoms with Gasteiger partial charge in [-0.05, 0) is 23.8 Å². The van der Waals surface area contributed by atoms with Gasteiger partial charge < -0.3 is 25.6 Å². The van der Waals surface area contributed by atoms with Crippen molar-refractivity contribution in [3.63, 3.8) is 0 Å². The Balaban J connectivity index is 0.00000280. The molecule has 2 aromatic carbocycles. The van der Waals surface area contributed by atoms with Gasteiger partial charge in [0, 0.05) is 12.0 Å². The summed E-state index contributed by atoms with van der Waals surface area (Å²) in [5.74, 6) is 0.983. The summed E-state index contributed by atoms with van der Waals surface area (Å²) in [4.78, 5) is 4.16. The number of nitrogens with zero attached hydrogens (tertiary/aromatic N) is 1. The third kappa shape index (κ3) is 5.93. The average molecular weight is 505 g/mol. The number of aliphatic hydroxyl groups excluding tert-OH is 1. The first-order chi connectivity index (χ1) is 13.0. The highest BCUT2D eigenvalue weighted by atomic mass is 127. The van der Waals surface area contributed by atoms with Crippen LogP contribution in [0.25, 0.3) is 0 Å². The predicted molar refractivity (Wildman–Crippen MR) is 112 cm³/mol. The zero-order chi connectivity index (χ0) is 19.2. The second-order valence-electron chi connectivity index (χ2n) is 6.06. The number of halogens is 3. The summed E-state index contributed by atoms with van der Waals surface area (Å²) >= 11 is 0. The van der Waals surface area contributed by atoms with Crippen molar-refractivity contribution in [2.24, 2.45) is 10.7 Å². The summed E-state index contributed by atoms with van der Waals surface area (Å²) < 4.78 is 34.5. The molecular formula is C19H22F2IN3O3. The number of benzene rings is 2. The second-order valence-corrected chi connectivity index (χ2v) is 6.06. The molecule has 0 saturated carbocycles. The Morgan fingerprint density at radius 2 is 2.07 bits per heavy atom. The maximum atomic E-state index is 12.3. The van der Waals surface area contributed by atoms with Crippen LogP contribution in [0.2, 0.25) is 0 Å².